The minimum Gasteiger partial charge on any atom is -0.286 e. The van der Waals surface area contributed by atoms with Gasteiger partial charge < -0.3 is 0 Å². The monoisotopic (exact) mass is 473 g/mol. The fraction of sp³-hybridized carbons (Fsp3) is 0.346. The Morgan fingerprint density at radius 2 is 1.64 bits per heavy atom. The molecule has 2 heterocycles. The molecule has 0 aliphatic carbocycles. The minimum absolute atomic E-state index is 0.0402. The van der Waals surface area contributed by atoms with E-state index in [1.54, 1.807) is 10.8 Å². The topological polar surface area (TPSA) is 22.2 Å². The summed E-state index contributed by atoms with van der Waals surface area (Å²) < 4.78 is 45.4. The van der Waals surface area contributed by atoms with Crippen LogP contribution in [0.5, 0.6) is 0 Å². The van der Waals surface area contributed by atoms with E-state index < -0.39 is 11.9 Å². The summed E-state index contributed by atoms with van der Waals surface area (Å²) in [6.07, 6.45) is -1.28. The SMILES string of the molecule is CCC(Cc1ccccc1)Cc1c(C(F)(F)F)nc2n(-c3c(C)cc(C)cc3C)c(Cl)cn12. The number of nitrogens with zero attached hydrogens (tertiary/aromatic N) is 3. The van der Waals surface area contributed by atoms with Gasteiger partial charge in [0.2, 0.25) is 5.78 Å². The van der Waals surface area contributed by atoms with Crippen molar-refractivity contribution in [2.24, 2.45) is 5.92 Å². The number of imidazole rings is 2. The largest absolute Gasteiger partial charge is 0.435 e. The molecule has 33 heavy (non-hydrogen) atoms. The van der Waals surface area contributed by atoms with E-state index in [0.29, 0.717) is 11.6 Å². The van der Waals surface area contributed by atoms with Crippen LogP contribution in [0.3, 0.4) is 0 Å². The Morgan fingerprint density at radius 1 is 1.00 bits per heavy atom. The van der Waals surface area contributed by atoms with E-state index in [2.05, 4.69) is 4.98 Å². The van der Waals surface area contributed by atoms with Gasteiger partial charge in [-0.3, -0.25) is 8.97 Å². The predicted octanol–water partition coefficient (Wildman–Crippen LogP) is 7.53. The fourth-order valence-electron chi connectivity index (χ4n) is 4.74. The second kappa shape index (κ2) is 8.90. The molecule has 0 aliphatic rings. The van der Waals surface area contributed by atoms with E-state index in [1.807, 2.05) is 70.2 Å². The van der Waals surface area contributed by atoms with Gasteiger partial charge in [0.15, 0.2) is 5.69 Å². The quantitative estimate of drug-likeness (QED) is 0.283. The van der Waals surface area contributed by atoms with Crippen molar-refractivity contribution in [1.29, 1.82) is 0 Å². The summed E-state index contributed by atoms with van der Waals surface area (Å²) in [6, 6.07) is 13.9. The van der Waals surface area contributed by atoms with Crippen molar-refractivity contribution >= 4 is 17.4 Å². The molecule has 0 amide bonds. The zero-order valence-electron chi connectivity index (χ0n) is 19.2. The maximum Gasteiger partial charge on any atom is 0.435 e. The van der Waals surface area contributed by atoms with Gasteiger partial charge in [-0.1, -0.05) is 73.0 Å². The molecule has 0 saturated heterocycles. The Balaban J connectivity index is 1.86. The third-order valence-corrected chi connectivity index (χ3v) is 6.46. The van der Waals surface area contributed by atoms with E-state index in [1.165, 1.54) is 4.40 Å². The van der Waals surface area contributed by atoms with Gasteiger partial charge >= 0.3 is 6.18 Å². The maximum absolute atomic E-state index is 14.1. The van der Waals surface area contributed by atoms with E-state index in [4.69, 9.17) is 11.6 Å². The first-order valence-electron chi connectivity index (χ1n) is 11.1. The molecule has 4 aromatic rings. The average Bonchev–Trinajstić information content (AvgIpc) is 3.23. The Hall–Kier alpha value is -2.73. The van der Waals surface area contributed by atoms with Gasteiger partial charge in [0.1, 0.15) is 5.15 Å². The van der Waals surface area contributed by atoms with Crippen LogP contribution in [0.4, 0.5) is 13.2 Å². The van der Waals surface area contributed by atoms with Gasteiger partial charge in [-0.15, -0.1) is 0 Å². The smallest absolute Gasteiger partial charge is 0.286 e. The number of fused-ring (bicyclic) bond motifs is 1. The minimum atomic E-state index is -4.55. The zero-order chi connectivity index (χ0) is 23.9. The molecule has 2 aromatic heterocycles. The van der Waals surface area contributed by atoms with E-state index in [0.717, 1.165) is 34.4 Å². The van der Waals surface area contributed by atoms with E-state index in [9.17, 15) is 13.2 Å². The number of aromatic nitrogens is 3. The first-order chi connectivity index (χ1) is 15.6. The second-order valence-corrected chi connectivity index (χ2v) is 9.16. The summed E-state index contributed by atoms with van der Waals surface area (Å²) in [5, 5.41) is 0.332. The van der Waals surface area contributed by atoms with Crippen LogP contribution in [-0.4, -0.2) is 14.0 Å². The summed E-state index contributed by atoms with van der Waals surface area (Å²) in [4.78, 5) is 4.10. The number of rotatable bonds is 6. The molecule has 3 nitrogen and oxygen atoms in total. The van der Waals surface area contributed by atoms with Gasteiger partial charge in [0.25, 0.3) is 0 Å². The Labute approximate surface area is 196 Å². The standard InChI is InChI=1S/C26H27ClF3N3/c1-5-19(13-20-9-7-6-8-10-20)14-21-24(26(28,29)30)31-25-32(21)15-22(27)33(25)23-17(3)11-16(2)12-18(23)4/h6-12,15,19H,5,13-14H2,1-4H3. The van der Waals surface area contributed by atoms with Crippen molar-refractivity contribution in [2.45, 2.75) is 53.1 Å². The number of halogens is 4. The van der Waals surface area contributed by atoms with E-state index >= 15 is 0 Å². The summed E-state index contributed by atoms with van der Waals surface area (Å²) in [5.41, 5.74) is 4.14. The van der Waals surface area contributed by atoms with Gasteiger partial charge in [-0.25, -0.2) is 4.98 Å². The molecule has 0 spiro atoms. The van der Waals surface area contributed by atoms with Crippen molar-refractivity contribution in [3.8, 4) is 5.69 Å². The predicted molar refractivity (Wildman–Crippen MR) is 126 cm³/mol. The highest BCUT2D eigenvalue weighted by molar-refractivity contribution is 6.30. The first-order valence-corrected chi connectivity index (χ1v) is 11.5. The molecule has 174 valence electrons. The average molecular weight is 474 g/mol. The van der Waals surface area contributed by atoms with Crippen LogP contribution in [0.2, 0.25) is 5.15 Å². The first kappa shape index (κ1) is 23.4. The number of benzene rings is 2. The van der Waals surface area contributed by atoms with Crippen molar-refractivity contribution < 1.29 is 13.2 Å². The molecule has 4 rings (SSSR count). The van der Waals surface area contributed by atoms with Gasteiger partial charge in [0, 0.05) is 6.20 Å². The van der Waals surface area contributed by atoms with Crippen molar-refractivity contribution in [3.63, 3.8) is 0 Å². The Morgan fingerprint density at radius 3 is 2.21 bits per heavy atom. The van der Waals surface area contributed by atoms with Crippen molar-refractivity contribution in [3.05, 3.63) is 87.5 Å². The molecule has 2 aromatic carbocycles. The molecule has 1 unspecified atom stereocenters. The molecule has 0 bridgehead atoms. The highest BCUT2D eigenvalue weighted by atomic mass is 35.5. The molecular weight excluding hydrogens is 447 g/mol. The van der Waals surface area contributed by atoms with Crippen LogP contribution in [0, 0.1) is 26.7 Å². The van der Waals surface area contributed by atoms with Crippen LogP contribution >= 0.6 is 11.6 Å². The fourth-order valence-corrected chi connectivity index (χ4v) is 5.00. The van der Waals surface area contributed by atoms with Gasteiger partial charge in [-0.05, 0) is 56.2 Å². The van der Waals surface area contributed by atoms with Crippen LogP contribution < -0.4 is 0 Å². The number of hydrogen-bond acceptors (Lipinski definition) is 1. The summed E-state index contributed by atoms with van der Waals surface area (Å²) in [6.45, 7) is 7.87. The summed E-state index contributed by atoms with van der Waals surface area (Å²) >= 11 is 6.59. The molecular formula is C26H27ClF3N3. The Bertz CT molecular complexity index is 1260. The molecule has 0 fully saturated rings. The van der Waals surface area contributed by atoms with Crippen molar-refractivity contribution in [2.75, 3.05) is 0 Å². The normalized spacial score (nSPS) is 13.1. The van der Waals surface area contributed by atoms with E-state index in [-0.39, 0.29) is 23.8 Å². The van der Waals surface area contributed by atoms with Crippen LogP contribution in [-0.2, 0) is 19.0 Å². The second-order valence-electron chi connectivity index (χ2n) is 8.78. The Kier molecular flexibility index (Phi) is 6.32. The zero-order valence-corrected chi connectivity index (χ0v) is 19.9. The lowest BCUT2D eigenvalue weighted by molar-refractivity contribution is -0.141. The van der Waals surface area contributed by atoms with Crippen molar-refractivity contribution in [1.82, 2.24) is 14.0 Å². The highest BCUT2D eigenvalue weighted by Crippen LogP contribution is 2.37. The van der Waals surface area contributed by atoms with Crippen LogP contribution in [0.15, 0.2) is 48.7 Å². The lowest BCUT2D eigenvalue weighted by Crippen LogP contribution is -2.15. The van der Waals surface area contributed by atoms with Gasteiger partial charge in [0.05, 0.1) is 11.4 Å². The highest BCUT2D eigenvalue weighted by Gasteiger charge is 2.39. The van der Waals surface area contributed by atoms with Gasteiger partial charge in [-0.2, -0.15) is 13.2 Å². The summed E-state index contributed by atoms with van der Waals surface area (Å²) in [5.74, 6) is 0.227. The number of alkyl halides is 3. The third kappa shape index (κ3) is 4.54. The lowest BCUT2D eigenvalue weighted by Gasteiger charge is -2.16. The number of aryl methyl sites for hydroxylation is 3. The molecule has 0 radical (unpaired) electrons. The number of hydrogen-bond donors (Lipinski definition) is 0. The van der Waals surface area contributed by atoms with Crippen LogP contribution in [0.25, 0.3) is 11.5 Å². The molecule has 0 saturated carbocycles. The lowest BCUT2D eigenvalue weighted by atomic mass is 9.92. The maximum atomic E-state index is 14.1. The molecule has 0 N–H and O–H groups in total. The molecule has 0 aliphatic heterocycles. The molecule has 7 heteroatoms. The third-order valence-electron chi connectivity index (χ3n) is 6.19. The summed E-state index contributed by atoms with van der Waals surface area (Å²) in [7, 11) is 0. The van der Waals surface area contributed by atoms with Crippen LogP contribution in [0.1, 0.15) is 47.0 Å². The molecule has 1 atom stereocenters.